The first-order valence-corrected chi connectivity index (χ1v) is 10.7. The summed E-state index contributed by atoms with van der Waals surface area (Å²) in [5.74, 6) is -1.09. The third kappa shape index (κ3) is 5.79. The van der Waals surface area contributed by atoms with Gasteiger partial charge in [-0.2, -0.15) is 41.4 Å². The zero-order chi connectivity index (χ0) is 27.0. The second kappa shape index (κ2) is 9.34. The van der Waals surface area contributed by atoms with Crippen LogP contribution in [0.4, 0.5) is 26.3 Å². The number of hydrogen-bond donors (Lipinski definition) is 1. The molecule has 1 saturated carbocycles. The van der Waals surface area contributed by atoms with Gasteiger partial charge in [-0.1, -0.05) is 0 Å². The predicted octanol–water partition coefficient (Wildman–Crippen LogP) is 4.06. The number of hydrogen-bond acceptors (Lipinski definition) is 7. The number of nitrogens with zero attached hydrogens (tertiary/aromatic N) is 6. The van der Waals surface area contributed by atoms with Crippen LogP contribution in [0.15, 0.2) is 36.9 Å². The lowest BCUT2D eigenvalue weighted by Gasteiger charge is -2.17. The molecule has 3 aromatic rings. The fourth-order valence-corrected chi connectivity index (χ4v) is 3.49. The molecule has 1 unspecified atom stereocenters. The summed E-state index contributed by atoms with van der Waals surface area (Å²) < 4.78 is 83.0. The van der Waals surface area contributed by atoms with Gasteiger partial charge in [0.15, 0.2) is 18.2 Å². The lowest BCUT2D eigenvalue weighted by atomic mass is 9.93. The minimum Gasteiger partial charge on any atom is -0.481 e. The largest absolute Gasteiger partial charge is 0.481 e. The Morgan fingerprint density at radius 1 is 1.16 bits per heavy atom. The molecule has 1 amide bonds. The average molecular weight is 525 g/mol. The van der Waals surface area contributed by atoms with E-state index in [0.29, 0.717) is 18.9 Å². The Balaban J connectivity index is 1.54. The van der Waals surface area contributed by atoms with Crippen molar-refractivity contribution in [1.29, 1.82) is 5.26 Å². The summed E-state index contributed by atoms with van der Waals surface area (Å²) in [6.07, 6.45) is -5.38. The van der Waals surface area contributed by atoms with Gasteiger partial charge >= 0.3 is 12.4 Å². The molecule has 0 radical (unpaired) electrons. The Kier molecular flexibility index (Phi) is 6.53. The van der Waals surface area contributed by atoms with Crippen LogP contribution < -0.4 is 10.1 Å². The number of amides is 1. The number of ether oxygens (including phenoxy) is 1. The van der Waals surface area contributed by atoms with Crippen molar-refractivity contribution in [3.63, 3.8) is 0 Å². The number of rotatable bonds is 7. The highest BCUT2D eigenvalue weighted by atomic mass is 19.4. The first kappa shape index (κ1) is 25.9. The van der Waals surface area contributed by atoms with Crippen LogP contribution in [0.1, 0.15) is 53.1 Å². The number of aromatic nitrogens is 5. The van der Waals surface area contributed by atoms with Crippen LogP contribution in [0, 0.1) is 11.3 Å². The maximum absolute atomic E-state index is 13.5. The summed E-state index contributed by atoms with van der Waals surface area (Å²) in [6.45, 7) is -0.0362. The number of halogens is 6. The molecule has 9 nitrogen and oxygen atoms in total. The SMILES string of the molecule is CC(NC(=O)c1cc(C(F)(F)F)cc(C2(C#N)CC2)c1)c1ncnn1-c1ncc(OCC(F)(F)F)cn1. The highest BCUT2D eigenvalue weighted by Crippen LogP contribution is 2.48. The summed E-state index contributed by atoms with van der Waals surface area (Å²) in [4.78, 5) is 24.7. The molecule has 1 aliphatic carbocycles. The van der Waals surface area contributed by atoms with Crippen molar-refractivity contribution in [3.05, 3.63) is 59.4 Å². The number of nitriles is 1. The minimum atomic E-state index is -4.73. The fourth-order valence-electron chi connectivity index (χ4n) is 3.49. The third-order valence-electron chi connectivity index (χ3n) is 5.55. The van der Waals surface area contributed by atoms with E-state index in [1.165, 1.54) is 13.0 Å². The summed E-state index contributed by atoms with van der Waals surface area (Å²) in [6, 6.07) is 3.97. The maximum atomic E-state index is 13.5. The molecule has 0 saturated heterocycles. The van der Waals surface area contributed by atoms with Gasteiger partial charge in [-0.15, -0.1) is 0 Å². The molecule has 4 rings (SSSR count). The van der Waals surface area contributed by atoms with Crippen LogP contribution in [0.3, 0.4) is 0 Å². The summed E-state index contributed by atoms with van der Waals surface area (Å²) >= 11 is 0. The first-order chi connectivity index (χ1) is 17.3. The molecule has 2 heterocycles. The van der Waals surface area contributed by atoms with Crippen LogP contribution in [0.25, 0.3) is 5.95 Å². The Bertz CT molecular complexity index is 1340. The van der Waals surface area contributed by atoms with E-state index >= 15 is 0 Å². The van der Waals surface area contributed by atoms with Crippen LogP contribution >= 0.6 is 0 Å². The average Bonchev–Trinajstić information content (AvgIpc) is 3.49. The molecular formula is C22H17F6N7O2. The predicted molar refractivity (Wildman–Crippen MR) is 112 cm³/mol. The molecule has 1 aromatic carbocycles. The zero-order valence-corrected chi connectivity index (χ0v) is 18.9. The third-order valence-corrected chi connectivity index (χ3v) is 5.55. The van der Waals surface area contributed by atoms with E-state index in [-0.39, 0.29) is 28.6 Å². The van der Waals surface area contributed by atoms with Crippen LogP contribution in [-0.4, -0.2) is 43.4 Å². The van der Waals surface area contributed by atoms with Gasteiger partial charge in [0.1, 0.15) is 6.33 Å². The van der Waals surface area contributed by atoms with Crippen molar-refractivity contribution in [1.82, 2.24) is 30.0 Å². The topological polar surface area (TPSA) is 119 Å². The number of benzene rings is 1. The molecule has 15 heteroatoms. The number of nitrogens with one attached hydrogen (secondary N) is 1. The van der Waals surface area contributed by atoms with Gasteiger partial charge in [0.25, 0.3) is 11.9 Å². The number of carbonyl (C=O) groups excluding carboxylic acids is 1. The number of carbonyl (C=O) groups is 1. The van der Waals surface area contributed by atoms with E-state index in [1.807, 2.05) is 6.07 Å². The van der Waals surface area contributed by atoms with Crippen molar-refractivity contribution in [2.45, 2.75) is 43.6 Å². The Morgan fingerprint density at radius 3 is 2.41 bits per heavy atom. The highest BCUT2D eigenvalue weighted by molar-refractivity contribution is 5.95. The van der Waals surface area contributed by atoms with Gasteiger partial charge in [0, 0.05) is 5.56 Å². The van der Waals surface area contributed by atoms with Crippen molar-refractivity contribution >= 4 is 5.91 Å². The fraction of sp³-hybridized carbons (Fsp3) is 0.364. The molecular weight excluding hydrogens is 508 g/mol. The monoisotopic (exact) mass is 525 g/mol. The number of alkyl halides is 6. The van der Waals surface area contributed by atoms with E-state index in [2.05, 4.69) is 30.1 Å². The highest BCUT2D eigenvalue weighted by Gasteiger charge is 2.46. The van der Waals surface area contributed by atoms with Crippen LogP contribution in [0.2, 0.25) is 0 Å². The molecule has 0 spiro atoms. The lowest BCUT2D eigenvalue weighted by molar-refractivity contribution is -0.153. The van der Waals surface area contributed by atoms with Gasteiger partial charge in [0.05, 0.1) is 35.5 Å². The quantitative estimate of drug-likeness (QED) is 0.462. The van der Waals surface area contributed by atoms with Gasteiger partial charge in [-0.25, -0.2) is 15.0 Å². The van der Waals surface area contributed by atoms with E-state index in [0.717, 1.165) is 29.5 Å². The van der Waals surface area contributed by atoms with Crippen molar-refractivity contribution in [2.75, 3.05) is 6.61 Å². The molecule has 1 aliphatic rings. The molecule has 37 heavy (non-hydrogen) atoms. The van der Waals surface area contributed by atoms with Crippen LogP contribution in [-0.2, 0) is 11.6 Å². The van der Waals surface area contributed by atoms with Crippen molar-refractivity contribution in [3.8, 4) is 17.8 Å². The Labute approximate surface area is 205 Å². The van der Waals surface area contributed by atoms with Gasteiger partial charge in [-0.05, 0) is 43.5 Å². The summed E-state index contributed by atoms with van der Waals surface area (Å²) in [5.41, 5.74) is -2.26. The molecule has 194 valence electrons. The second-order valence-corrected chi connectivity index (χ2v) is 8.34. The van der Waals surface area contributed by atoms with Gasteiger partial charge < -0.3 is 10.1 Å². The first-order valence-electron chi connectivity index (χ1n) is 10.7. The van der Waals surface area contributed by atoms with Gasteiger partial charge in [-0.3, -0.25) is 4.79 Å². The molecule has 1 fully saturated rings. The lowest BCUT2D eigenvalue weighted by Crippen LogP contribution is -2.29. The maximum Gasteiger partial charge on any atom is 0.422 e. The Hall–Kier alpha value is -4.22. The van der Waals surface area contributed by atoms with Gasteiger partial charge in [0.2, 0.25) is 0 Å². The van der Waals surface area contributed by atoms with E-state index < -0.39 is 41.9 Å². The molecule has 2 aromatic heterocycles. The van der Waals surface area contributed by atoms with E-state index in [4.69, 9.17) is 0 Å². The zero-order valence-electron chi connectivity index (χ0n) is 18.9. The van der Waals surface area contributed by atoms with Crippen molar-refractivity contribution < 1.29 is 35.9 Å². The normalized spacial score (nSPS) is 15.5. The second-order valence-electron chi connectivity index (χ2n) is 8.34. The molecule has 1 atom stereocenters. The smallest absolute Gasteiger partial charge is 0.422 e. The Morgan fingerprint density at radius 2 is 1.84 bits per heavy atom. The molecule has 1 N–H and O–H groups in total. The van der Waals surface area contributed by atoms with Crippen molar-refractivity contribution in [2.24, 2.45) is 0 Å². The van der Waals surface area contributed by atoms with E-state index in [1.54, 1.807) is 0 Å². The summed E-state index contributed by atoms with van der Waals surface area (Å²) in [7, 11) is 0. The molecule has 0 aliphatic heterocycles. The van der Waals surface area contributed by atoms with E-state index in [9.17, 15) is 36.4 Å². The van der Waals surface area contributed by atoms with Crippen LogP contribution in [0.5, 0.6) is 5.75 Å². The standard InChI is InChI=1S/C22H17F6N7O2/c1-12(17-32-11-33-35(17)19-30-7-16(8-31-19)37-10-21(23,24)25)34-18(36)13-4-14(20(9-29)2-3-20)6-15(5-13)22(26,27)28/h4-8,11-12H,2-3,10H2,1H3,(H,34,36). The minimum absolute atomic E-state index is 0.0974. The molecule has 0 bridgehead atoms. The summed E-state index contributed by atoms with van der Waals surface area (Å²) in [5, 5.41) is 15.9.